The molecule has 0 unspecified atom stereocenters. The fraction of sp³-hybridized carbons (Fsp3) is 0.286. The summed E-state index contributed by atoms with van der Waals surface area (Å²) in [6, 6.07) is 47.7. The fourth-order valence-electron chi connectivity index (χ4n) is 8.11. The molecule has 7 rings (SSSR count). The first-order valence-corrected chi connectivity index (χ1v) is 20.3. The Bertz CT molecular complexity index is 2320. The number of imidazole rings is 1. The molecule has 0 aliphatic carbocycles. The van der Waals surface area contributed by atoms with Crippen LogP contribution in [0.5, 0.6) is 0 Å². The molecule has 7 aromatic rings. The predicted octanol–water partition coefficient (Wildman–Crippen LogP) is 9.86. The second-order valence-electron chi connectivity index (χ2n) is 15.3. The zero-order valence-electron chi connectivity index (χ0n) is 34.0. The van der Waals surface area contributed by atoms with Crippen molar-refractivity contribution in [1.82, 2.24) is 29.8 Å². The van der Waals surface area contributed by atoms with Gasteiger partial charge >= 0.3 is 5.97 Å². The Kier molecular flexibility index (Phi) is 12.1. The van der Waals surface area contributed by atoms with Crippen LogP contribution in [0.3, 0.4) is 0 Å². The third-order valence-corrected chi connectivity index (χ3v) is 11.2. The van der Waals surface area contributed by atoms with E-state index < -0.39 is 17.1 Å². The van der Waals surface area contributed by atoms with Gasteiger partial charge in [0.05, 0.1) is 6.61 Å². The van der Waals surface area contributed by atoms with Crippen LogP contribution >= 0.6 is 0 Å². The van der Waals surface area contributed by atoms with Crippen molar-refractivity contribution in [2.24, 2.45) is 5.92 Å². The maximum absolute atomic E-state index is 13.5. The lowest BCUT2D eigenvalue weighted by Gasteiger charge is -2.36. The van der Waals surface area contributed by atoms with Crippen molar-refractivity contribution in [2.75, 3.05) is 6.61 Å². The van der Waals surface area contributed by atoms with E-state index >= 15 is 0 Å². The summed E-state index contributed by atoms with van der Waals surface area (Å²) < 4.78 is 9.44. The average Bonchev–Trinajstić information content (AvgIpc) is 3.89. The number of aryl methyl sites for hydroxylation is 1. The Morgan fingerprint density at radius 1 is 0.724 bits per heavy atom. The molecule has 9 heteroatoms. The first-order chi connectivity index (χ1) is 28.2. The summed E-state index contributed by atoms with van der Waals surface area (Å²) in [5.41, 5.74) is 5.30. The highest BCUT2D eigenvalue weighted by Crippen LogP contribution is 2.43. The van der Waals surface area contributed by atoms with Crippen LogP contribution in [0.2, 0.25) is 0 Å². The summed E-state index contributed by atoms with van der Waals surface area (Å²) >= 11 is 0. The number of benzene rings is 5. The maximum atomic E-state index is 13.5. The van der Waals surface area contributed by atoms with Crippen LogP contribution in [0.15, 0.2) is 140 Å². The van der Waals surface area contributed by atoms with E-state index in [0.717, 1.165) is 64.0 Å². The molecular formula is C49H52N6O3. The molecule has 296 valence electrons. The highest BCUT2D eigenvalue weighted by atomic mass is 16.5. The van der Waals surface area contributed by atoms with Crippen LogP contribution in [-0.4, -0.2) is 47.4 Å². The minimum absolute atomic E-state index is 0.221. The molecule has 0 amide bonds. The Balaban J connectivity index is 1.32. The number of aliphatic hydroxyl groups is 1. The number of carbonyl (C=O) groups excluding carboxylic acids is 1. The molecule has 0 fully saturated rings. The van der Waals surface area contributed by atoms with Crippen molar-refractivity contribution < 1.29 is 14.6 Å². The summed E-state index contributed by atoms with van der Waals surface area (Å²) in [4.78, 5) is 18.4. The monoisotopic (exact) mass is 772 g/mol. The molecular weight excluding hydrogens is 721 g/mol. The van der Waals surface area contributed by atoms with E-state index in [-0.39, 0.29) is 6.61 Å². The van der Waals surface area contributed by atoms with Gasteiger partial charge in [-0.2, -0.15) is 0 Å². The minimum Gasteiger partial charge on any atom is -0.461 e. The van der Waals surface area contributed by atoms with Crippen LogP contribution in [0.4, 0.5) is 0 Å². The van der Waals surface area contributed by atoms with E-state index in [1.165, 1.54) is 0 Å². The molecule has 0 aliphatic heterocycles. The van der Waals surface area contributed by atoms with Crippen LogP contribution in [-0.2, 0) is 28.8 Å². The van der Waals surface area contributed by atoms with Crippen molar-refractivity contribution in [1.29, 1.82) is 0 Å². The number of hydrogen-bond donors (Lipinski definition) is 1. The zero-order valence-corrected chi connectivity index (χ0v) is 34.0. The van der Waals surface area contributed by atoms with Gasteiger partial charge in [-0.1, -0.05) is 166 Å². The van der Waals surface area contributed by atoms with Gasteiger partial charge < -0.3 is 14.4 Å². The number of esters is 1. The molecule has 0 saturated heterocycles. The SMILES string of the molecule is CCOC(=O)c1c(C(C)(C)O)nc(CCC(CC)CC)n1Cc1ccc(-c2ccccc2-c2nnnn2C(c2ccccc2)(c2ccccc2)c2ccccc2)cc1. The van der Waals surface area contributed by atoms with Gasteiger partial charge in [0.25, 0.3) is 0 Å². The molecule has 0 saturated carbocycles. The lowest BCUT2D eigenvalue weighted by Crippen LogP contribution is -2.39. The van der Waals surface area contributed by atoms with Crippen LogP contribution in [0.1, 0.15) is 98.1 Å². The first kappa shape index (κ1) is 40.0. The van der Waals surface area contributed by atoms with Gasteiger partial charge in [-0.15, -0.1) is 5.10 Å². The van der Waals surface area contributed by atoms with E-state index in [1.807, 2.05) is 39.6 Å². The third kappa shape index (κ3) is 7.87. The van der Waals surface area contributed by atoms with Crippen molar-refractivity contribution in [3.8, 4) is 22.5 Å². The van der Waals surface area contributed by atoms with Crippen molar-refractivity contribution >= 4 is 5.97 Å². The molecule has 0 atom stereocenters. The van der Waals surface area contributed by atoms with Gasteiger partial charge in [0.15, 0.2) is 11.5 Å². The molecule has 2 aromatic heterocycles. The quantitative estimate of drug-likeness (QED) is 0.0770. The van der Waals surface area contributed by atoms with Gasteiger partial charge in [0.2, 0.25) is 0 Å². The lowest BCUT2D eigenvalue weighted by molar-refractivity contribution is 0.0469. The van der Waals surface area contributed by atoms with E-state index in [1.54, 1.807) is 20.8 Å². The van der Waals surface area contributed by atoms with Crippen molar-refractivity contribution in [3.05, 3.63) is 179 Å². The topological polar surface area (TPSA) is 108 Å². The van der Waals surface area contributed by atoms with Gasteiger partial charge in [0, 0.05) is 18.5 Å². The van der Waals surface area contributed by atoms with Gasteiger partial charge in [-0.25, -0.2) is 14.5 Å². The molecule has 1 N–H and O–H groups in total. The number of carbonyl (C=O) groups is 1. The Morgan fingerprint density at radius 2 is 1.26 bits per heavy atom. The van der Waals surface area contributed by atoms with Gasteiger partial charge in [-0.05, 0) is 76.9 Å². The smallest absolute Gasteiger partial charge is 0.357 e. The van der Waals surface area contributed by atoms with E-state index in [0.29, 0.717) is 36.1 Å². The molecule has 58 heavy (non-hydrogen) atoms. The molecule has 0 spiro atoms. The summed E-state index contributed by atoms with van der Waals surface area (Å²) in [7, 11) is 0. The molecule has 5 aromatic carbocycles. The summed E-state index contributed by atoms with van der Waals surface area (Å²) in [5, 5.41) is 25.0. The second kappa shape index (κ2) is 17.5. The minimum atomic E-state index is -1.33. The van der Waals surface area contributed by atoms with E-state index in [4.69, 9.17) is 20.0 Å². The van der Waals surface area contributed by atoms with Gasteiger partial charge in [-0.3, -0.25) is 0 Å². The summed E-state index contributed by atoms with van der Waals surface area (Å²) in [5.74, 6) is 1.45. The molecule has 0 radical (unpaired) electrons. The van der Waals surface area contributed by atoms with E-state index in [2.05, 4.69) is 128 Å². The predicted molar refractivity (Wildman–Crippen MR) is 228 cm³/mol. The van der Waals surface area contributed by atoms with Crippen molar-refractivity contribution in [3.63, 3.8) is 0 Å². The fourth-order valence-corrected chi connectivity index (χ4v) is 8.11. The maximum Gasteiger partial charge on any atom is 0.357 e. The number of rotatable bonds is 16. The summed E-state index contributed by atoms with van der Waals surface area (Å²) in [6.45, 7) is 10.1. The molecule has 2 heterocycles. The van der Waals surface area contributed by atoms with Crippen LogP contribution in [0.25, 0.3) is 22.5 Å². The Morgan fingerprint density at radius 3 is 1.78 bits per heavy atom. The van der Waals surface area contributed by atoms with E-state index in [9.17, 15) is 9.90 Å². The Labute approximate surface area is 341 Å². The normalized spacial score (nSPS) is 11.9. The highest BCUT2D eigenvalue weighted by molar-refractivity contribution is 5.89. The second-order valence-corrected chi connectivity index (χ2v) is 15.3. The van der Waals surface area contributed by atoms with Crippen LogP contribution < -0.4 is 0 Å². The average molecular weight is 773 g/mol. The number of hydrogen-bond acceptors (Lipinski definition) is 7. The number of aromatic nitrogens is 6. The third-order valence-electron chi connectivity index (χ3n) is 11.2. The number of ether oxygens (including phenoxy) is 1. The first-order valence-electron chi connectivity index (χ1n) is 20.3. The zero-order chi connectivity index (χ0) is 40.7. The van der Waals surface area contributed by atoms with Crippen LogP contribution in [0, 0.1) is 5.92 Å². The Hall–Kier alpha value is -6.19. The highest BCUT2D eigenvalue weighted by Gasteiger charge is 2.42. The molecule has 0 aliphatic rings. The van der Waals surface area contributed by atoms with Gasteiger partial charge in [0.1, 0.15) is 22.7 Å². The molecule has 0 bridgehead atoms. The lowest BCUT2D eigenvalue weighted by atomic mass is 9.77. The molecule has 9 nitrogen and oxygen atoms in total. The summed E-state index contributed by atoms with van der Waals surface area (Å²) in [6.07, 6.45) is 3.76. The van der Waals surface area contributed by atoms with Crippen molar-refractivity contribution in [2.45, 2.75) is 78.0 Å². The number of tetrazole rings is 1. The largest absolute Gasteiger partial charge is 0.461 e. The number of nitrogens with zero attached hydrogens (tertiary/aromatic N) is 6. The standard InChI is InChI=1S/C49H52N6O3/c1-6-35(7-2)30-33-43-50-45(48(4,5)57)44(47(56)58-8-3)54(43)34-36-28-31-37(32-29-36)41-26-18-19-27-42(41)46-51-52-53-55(46)49(38-20-12-9-13-21-38,39-22-14-10-15-23-39)40-24-16-11-17-25-40/h9-29,31-32,35,57H,6-8,30,33-34H2,1-5H3.